The second kappa shape index (κ2) is 6.64. The highest BCUT2D eigenvalue weighted by atomic mass is 16.5. The number of aliphatic hydroxyl groups is 2. The van der Waals surface area contributed by atoms with Crippen LogP contribution >= 0.6 is 0 Å². The fraction of sp³-hybridized carbons (Fsp3) is 0.208. The monoisotopic (exact) mass is 413 g/mol. The number of fused-ring (bicyclic) bond motifs is 3. The number of carbonyl (C=O) groups is 1. The molecule has 1 fully saturated rings. The molecule has 0 saturated heterocycles. The van der Waals surface area contributed by atoms with Crippen LogP contribution in [-0.2, 0) is 16.0 Å². The lowest BCUT2D eigenvalue weighted by Crippen LogP contribution is -2.52. The summed E-state index contributed by atoms with van der Waals surface area (Å²) in [4.78, 5) is 16.9. The summed E-state index contributed by atoms with van der Waals surface area (Å²) in [6.07, 6.45) is -0.0707. The zero-order chi connectivity index (χ0) is 21.8. The third-order valence-corrected chi connectivity index (χ3v) is 6.46. The topological polar surface area (TPSA) is 129 Å². The van der Waals surface area contributed by atoms with Gasteiger partial charge in [-0.2, -0.15) is 5.26 Å². The molecule has 3 aromatic rings. The molecule has 7 nitrogen and oxygen atoms in total. The van der Waals surface area contributed by atoms with Crippen molar-refractivity contribution >= 4 is 5.91 Å². The number of nitriles is 1. The molecule has 0 bridgehead atoms. The van der Waals surface area contributed by atoms with Crippen LogP contribution in [0.5, 0.6) is 5.75 Å². The van der Waals surface area contributed by atoms with Crippen LogP contribution in [0.25, 0.3) is 0 Å². The Morgan fingerprint density at radius 1 is 1.10 bits per heavy atom. The third kappa shape index (κ3) is 2.34. The first-order valence-corrected chi connectivity index (χ1v) is 9.85. The van der Waals surface area contributed by atoms with Gasteiger partial charge in [0.2, 0.25) is 5.91 Å². The maximum Gasteiger partial charge on any atom is 0.224 e. The average molecular weight is 413 g/mol. The Morgan fingerprint density at radius 2 is 1.81 bits per heavy atom. The van der Waals surface area contributed by atoms with Gasteiger partial charge in [0.1, 0.15) is 17.5 Å². The summed E-state index contributed by atoms with van der Waals surface area (Å²) in [6, 6.07) is 21.0. The number of pyridine rings is 1. The van der Waals surface area contributed by atoms with Gasteiger partial charge in [-0.15, -0.1) is 0 Å². The van der Waals surface area contributed by atoms with E-state index in [2.05, 4.69) is 11.1 Å². The van der Waals surface area contributed by atoms with Crippen LogP contribution < -0.4 is 10.5 Å². The molecular weight excluding hydrogens is 394 g/mol. The van der Waals surface area contributed by atoms with Crippen LogP contribution in [0.15, 0.2) is 72.9 Å². The largest absolute Gasteiger partial charge is 0.476 e. The highest BCUT2D eigenvalue weighted by Gasteiger charge is 2.77. The minimum Gasteiger partial charge on any atom is -0.476 e. The lowest BCUT2D eigenvalue weighted by atomic mass is 9.71. The summed E-state index contributed by atoms with van der Waals surface area (Å²) in [6.45, 7) is 0. The molecule has 5 atom stereocenters. The Labute approximate surface area is 178 Å². The van der Waals surface area contributed by atoms with Crippen molar-refractivity contribution in [2.24, 2.45) is 11.7 Å². The van der Waals surface area contributed by atoms with E-state index < -0.39 is 35.0 Å². The van der Waals surface area contributed by atoms with Gasteiger partial charge in [0.05, 0.1) is 17.6 Å². The van der Waals surface area contributed by atoms with Crippen molar-refractivity contribution in [2.75, 3.05) is 0 Å². The molecule has 0 unspecified atom stereocenters. The number of carbonyl (C=O) groups excluding carboxylic acids is 1. The first-order chi connectivity index (χ1) is 14.9. The lowest BCUT2D eigenvalue weighted by molar-refractivity contribution is -0.155. The average Bonchev–Trinajstić information content (AvgIpc) is 3.18. The van der Waals surface area contributed by atoms with Crippen LogP contribution in [-0.4, -0.2) is 27.2 Å². The van der Waals surface area contributed by atoms with Crippen LogP contribution in [0.4, 0.5) is 0 Å². The van der Waals surface area contributed by atoms with Gasteiger partial charge in [-0.25, -0.2) is 0 Å². The quantitative estimate of drug-likeness (QED) is 0.599. The van der Waals surface area contributed by atoms with Crippen molar-refractivity contribution < 1.29 is 19.7 Å². The summed E-state index contributed by atoms with van der Waals surface area (Å²) in [5, 5.41) is 32.7. The molecule has 31 heavy (non-hydrogen) atoms. The number of rotatable bonds is 3. The normalized spacial score (nSPS) is 30.7. The van der Waals surface area contributed by atoms with Crippen molar-refractivity contribution in [3.63, 3.8) is 0 Å². The molecule has 0 radical (unpaired) electrons. The minimum absolute atomic E-state index is 0.150. The first-order valence-electron chi connectivity index (χ1n) is 9.85. The van der Waals surface area contributed by atoms with E-state index in [1.807, 2.05) is 30.3 Å². The summed E-state index contributed by atoms with van der Waals surface area (Å²) in [5.41, 5.74) is 3.88. The molecule has 2 aromatic carbocycles. The highest BCUT2D eigenvalue weighted by molar-refractivity contribution is 5.81. The molecule has 154 valence electrons. The minimum atomic E-state index is -2.04. The molecule has 1 aliphatic heterocycles. The fourth-order valence-electron chi connectivity index (χ4n) is 5.21. The van der Waals surface area contributed by atoms with Gasteiger partial charge in [-0.05, 0) is 35.4 Å². The number of hydrogen-bond acceptors (Lipinski definition) is 6. The molecular formula is C24H19N3O4. The van der Waals surface area contributed by atoms with Gasteiger partial charge in [0.25, 0.3) is 0 Å². The number of aromatic nitrogens is 1. The third-order valence-electron chi connectivity index (χ3n) is 6.46. The molecule has 1 saturated carbocycles. The fourth-order valence-corrected chi connectivity index (χ4v) is 5.21. The number of nitrogens with zero attached hydrogens (tertiary/aromatic N) is 2. The summed E-state index contributed by atoms with van der Waals surface area (Å²) >= 11 is 0. The maximum atomic E-state index is 12.6. The molecule has 0 spiro atoms. The summed E-state index contributed by atoms with van der Waals surface area (Å²) in [7, 11) is 0. The van der Waals surface area contributed by atoms with Crippen molar-refractivity contribution in [1.82, 2.24) is 4.98 Å². The van der Waals surface area contributed by atoms with E-state index in [-0.39, 0.29) is 5.69 Å². The molecule has 4 N–H and O–H groups in total. The molecule has 5 rings (SSSR count). The first kappa shape index (κ1) is 19.2. The van der Waals surface area contributed by atoms with E-state index in [0.29, 0.717) is 22.4 Å². The maximum absolute atomic E-state index is 12.6. The van der Waals surface area contributed by atoms with Crippen molar-refractivity contribution in [3.8, 4) is 11.8 Å². The van der Waals surface area contributed by atoms with E-state index >= 15 is 0 Å². The van der Waals surface area contributed by atoms with Gasteiger partial charge < -0.3 is 20.7 Å². The SMILES string of the molecule is N#Cc1ccc([C@@]23Oc4cccnc4[C@]2(O)[C@H](O)[C@H](C(N)=O)[C@H]3c2ccccc2)cc1. The molecule has 2 heterocycles. The van der Waals surface area contributed by atoms with Crippen molar-refractivity contribution in [2.45, 2.75) is 23.2 Å². The Hall–Kier alpha value is -3.73. The second-order valence-corrected chi connectivity index (χ2v) is 7.90. The van der Waals surface area contributed by atoms with Gasteiger partial charge in [0.15, 0.2) is 11.2 Å². The second-order valence-electron chi connectivity index (χ2n) is 7.90. The Balaban J connectivity index is 1.86. The molecule has 1 aromatic heterocycles. The Kier molecular flexibility index (Phi) is 4.12. The number of hydrogen-bond donors (Lipinski definition) is 3. The van der Waals surface area contributed by atoms with Crippen LogP contribution in [0.1, 0.15) is 28.3 Å². The summed E-state index contributed by atoms with van der Waals surface area (Å²) < 4.78 is 6.44. The number of primary amides is 1. The van der Waals surface area contributed by atoms with E-state index in [1.165, 1.54) is 6.20 Å². The number of aliphatic hydroxyl groups excluding tert-OH is 1. The number of amides is 1. The highest BCUT2D eigenvalue weighted by Crippen LogP contribution is 2.67. The van der Waals surface area contributed by atoms with Gasteiger partial charge in [0, 0.05) is 12.1 Å². The van der Waals surface area contributed by atoms with Gasteiger partial charge >= 0.3 is 0 Å². The number of benzene rings is 2. The van der Waals surface area contributed by atoms with Crippen molar-refractivity contribution in [3.05, 3.63) is 95.3 Å². The van der Waals surface area contributed by atoms with E-state index in [0.717, 1.165) is 0 Å². The van der Waals surface area contributed by atoms with Gasteiger partial charge in [-0.3, -0.25) is 9.78 Å². The summed E-state index contributed by atoms with van der Waals surface area (Å²) in [5.74, 6) is -2.39. The Bertz CT molecular complexity index is 1210. The van der Waals surface area contributed by atoms with E-state index in [1.54, 1.807) is 36.4 Å². The number of nitrogens with two attached hydrogens (primary N) is 1. The predicted molar refractivity (Wildman–Crippen MR) is 109 cm³/mol. The molecule has 1 aliphatic carbocycles. The zero-order valence-corrected chi connectivity index (χ0v) is 16.3. The number of ether oxygens (including phenoxy) is 1. The Morgan fingerprint density at radius 3 is 2.45 bits per heavy atom. The van der Waals surface area contributed by atoms with E-state index in [4.69, 9.17) is 10.5 Å². The predicted octanol–water partition coefficient (Wildman–Crippen LogP) is 1.69. The molecule has 7 heteroatoms. The zero-order valence-electron chi connectivity index (χ0n) is 16.3. The van der Waals surface area contributed by atoms with Crippen molar-refractivity contribution in [1.29, 1.82) is 5.26 Å². The lowest BCUT2D eigenvalue weighted by Gasteiger charge is -2.40. The van der Waals surface area contributed by atoms with Crippen LogP contribution in [0.2, 0.25) is 0 Å². The van der Waals surface area contributed by atoms with Crippen LogP contribution in [0, 0.1) is 17.2 Å². The molecule has 1 amide bonds. The van der Waals surface area contributed by atoms with Crippen LogP contribution in [0.3, 0.4) is 0 Å². The van der Waals surface area contributed by atoms with Gasteiger partial charge in [-0.1, -0.05) is 42.5 Å². The standard InChI is InChI=1S/C24H19N3O4/c25-13-14-8-10-16(11-9-14)24-19(15-5-2-1-3-6-15)18(22(26)29)21(28)23(24,30)20-17(31-24)7-4-12-27-20/h1-12,18-19,21,28,30H,(H2,26,29)/t18-,19-,21-,23+,24+/m1/s1. The van der Waals surface area contributed by atoms with E-state index in [9.17, 15) is 20.3 Å². The molecule has 2 aliphatic rings. The smallest absolute Gasteiger partial charge is 0.224 e.